The summed E-state index contributed by atoms with van der Waals surface area (Å²) >= 11 is 0. The largest absolute Gasteiger partial charge is 0.458 e. The van der Waals surface area contributed by atoms with E-state index in [9.17, 15) is 18.0 Å². The standard InChI is InChI=1S/C19H17F3N4O2/c20-19(21,22)16-6-8-24-18(25-16)28-14-2-1-9-26(11-14)17(27)13-4-3-12-5-7-23-15(12)10-13/h3-8,10,14,23H,1-2,9,11H2. The molecule has 0 bridgehead atoms. The molecule has 0 saturated carbocycles. The second kappa shape index (κ2) is 7.14. The molecule has 0 radical (unpaired) electrons. The van der Waals surface area contributed by atoms with E-state index in [-0.39, 0.29) is 18.5 Å². The number of amides is 1. The maximum Gasteiger partial charge on any atom is 0.433 e. The lowest BCUT2D eigenvalue weighted by Gasteiger charge is -2.32. The summed E-state index contributed by atoms with van der Waals surface area (Å²) in [6, 6.07) is 7.80. The first-order chi connectivity index (χ1) is 13.4. The number of carbonyl (C=O) groups excluding carboxylic acids is 1. The van der Waals surface area contributed by atoms with E-state index >= 15 is 0 Å². The van der Waals surface area contributed by atoms with Gasteiger partial charge in [-0.25, -0.2) is 4.98 Å². The topological polar surface area (TPSA) is 71.1 Å². The molecule has 9 heteroatoms. The fourth-order valence-electron chi connectivity index (χ4n) is 3.29. The monoisotopic (exact) mass is 390 g/mol. The van der Waals surface area contributed by atoms with E-state index in [2.05, 4.69) is 15.0 Å². The third-order valence-electron chi connectivity index (χ3n) is 4.66. The predicted octanol–water partition coefficient (Wildman–Crippen LogP) is 3.66. The van der Waals surface area contributed by atoms with Gasteiger partial charge in [-0.1, -0.05) is 6.07 Å². The molecular weight excluding hydrogens is 373 g/mol. The summed E-state index contributed by atoms with van der Waals surface area (Å²) in [6.07, 6.45) is -0.914. The van der Waals surface area contributed by atoms with E-state index in [1.165, 1.54) is 0 Å². The lowest BCUT2D eigenvalue weighted by Crippen LogP contribution is -2.44. The van der Waals surface area contributed by atoms with Crippen LogP contribution in [0, 0.1) is 0 Å². The third-order valence-corrected chi connectivity index (χ3v) is 4.66. The van der Waals surface area contributed by atoms with Gasteiger partial charge >= 0.3 is 12.2 Å². The Labute approximate surface area is 158 Å². The van der Waals surface area contributed by atoms with Gasteiger partial charge in [0, 0.05) is 30.0 Å². The highest BCUT2D eigenvalue weighted by molar-refractivity contribution is 5.98. The van der Waals surface area contributed by atoms with Crippen molar-refractivity contribution in [2.24, 2.45) is 0 Å². The highest BCUT2D eigenvalue weighted by Gasteiger charge is 2.33. The highest BCUT2D eigenvalue weighted by atomic mass is 19.4. The maximum absolute atomic E-state index is 12.8. The van der Waals surface area contributed by atoms with Crippen molar-refractivity contribution in [3.05, 3.63) is 54.0 Å². The summed E-state index contributed by atoms with van der Waals surface area (Å²) in [5.41, 5.74) is 0.361. The molecule has 1 fully saturated rings. The number of likely N-dealkylation sites (tertiary alicyclic amines) is 1. The van der Waals surface area contributed by atoms with E-state index in [4.69, 9.17) is 4.74 Å². The fourth-order valence-corrected chi connectivity index (χ4v) is 3.29. The first-order valence-electron chi connectivity index (χ1n) is 8.83. The molecule has 2 aromatic heterocycles. The van der Waals surface area contributed by atoms with Gasteiger partial charge in [-0.2, -0.15) is 18.2 Å². The Balaban J connectivity index is 1.46. The number of halogens is 3. The predicted molar refractivity (Wildman–Crippen MR) is 94.9 cm³/mol. The zero-order valence-corrected chi connectivity index (χ0v) is 14.7. The number of carbonyl (C=O) groups is 1. The molecule has 1 aromatic carbocycles. The Morgan fingerprint density at radius 2 is 2.11 bits per heavy atom. The number of ether oxygens (including phenoxy) is 1. The van der Waals surface area contributed by atoms with Crippen molar-refractivity contribution >= 4 is 16.8 Å². The van der Waals surface area contributed by atoms with Crippen molar-refractivity contribution in [2.75, 3.05) is 13.1 Å². The van der Waals surface area contributed by atoms with E-state index in [1.807, 2.05) is 12.1 Å². The second-order valence-corrected chi connectivity index (χ2v) is 6.64. The second-order valence-electron chi connectivity index (χ2n) is 6.64. The number of aromatic amines is 1. The Kier molecular flexibility index (Phi) is 4.66. The molecule has 28 heavy (non-hydrogen) atoms. The van der Waals surface area contributed by atoms with Gasteiger partial charge in [-0.05, 0) is 42.5 Å². The average molecular weight is 390 g/mol. The van der Waals surface area contributed by atoms with E-state index in [1.54, 1.807) is 23.2 Å². The minimum Gasteiger partial charge on any atom is -0.458 e. The van der Waals surface area contributed by atoms with Gasteiger partial charge in [0.15, 0.2) is 5.69 Å². The summed E-state index contributed by atoms with van der Waals surface area (Å²) < 4.78 is 43.9. The molecule has 1 saturated heterocycles. The van der Waals surface area contributed by atoms with Crippen LogP contribution in [0.1, 0.15) is 28.9 Å². The molecule has 1 aliphatic heterocycles. The number of rotatable bonds is 3. The number of aromatic nitrogens is 3. The molecule has 0 spiro atoms. The molecule has 0 aliphatic carbocycles. The van der Waals surface area contributed by atoms with Crippen molar-refractivity contribution in [1.82, 2.24) is 19.9 Å². The average Bonchev–Trinajstić information content (AvgIpc) is 3.15. The Morgan fingerprint density at radius 1 is 1.25 bits per heavy atom. The molecule has 1 atom stereocenters. The molecule has 3 heterocycles. The lowest BCUT2D eigenvalue weighted by molar-refractivity contribution is -0.141. The molecular formula is C19H17F3N4O2. The smallest absolute Gasteiger partial charge is 0.433 e. The molecule has 1 N–H and O–H groups in total. The maximum atomic E-state index is 12.8. The first kappa shape index (κ1) is 18.3. The molecule has 1 aliphatic rings. The van der Waals surface area contributed by atoms with Crippen molar-refractivity contribution in [1.29, 1.82) is 0 Å². The third kappa shape index (κ3) is 3.78. The van der Waals surface area contributed by atoms with Gasteiger partial charge in [0.25, 0.3) is 5.91 Å². The van der Waals surface area contributed by atoms with Crippen LogP contribution >= 0.6 is 0 Å². The summed E-state index contributed by atoms with van der Waals surface area (Å²) in [5, 5.41) is 1.01. The Bertz CT molecular complexity index is 1000. The van der Waals surface area contributed by atoms with Crippen LogP contribution in [0.3, 0.4) is 0 Å². The van der Waals surface area contributed by atoms with Crippen LogP contribution in [-0.4, -0.2) is 45.0 Å². The molecule has 146 valence electrons. The number of nitrogens with one attached hydrogen (secondary N) is 1. The molecule has 3 aromatic rings. The quantitative estimate of drug-likeness (QED) is 0.741. The number of fused-ring (bicyclic) bond motifs is 1. The number of alkyl halides is 3. The number of hydrogen-bond acceptors (Lipinski definition) is 4. The number of nitrogens with zero attached hydrogens (tertiary/aromatic N) is 3. The van der Waals surface area contributed by atoms with Crippen LogP contribution in [0.5, 0.6) is 6.01 Å². The van der Waals surface area contributed by atoms with Crippen molar-refractivity contribution in [2.45, 2.75) is 25.1 Å². The molecule has 6 nitrogen and oxygen atoms in total. The van der Waals surface area contributed by atoms with Gasteiger partial charge in [-0.15, -0.1) is 0 Å². The number of hydrogen-bond donors (Lipinski definition) is 1. The van der Waals surface area contributed by atoms with Crippen LogP contribution in [0.15, 0.2) is 42.7 Å². The SMILES string of the molecule is O=C(c1ccc2cc[nH]c2c1)N1CCCC(Oc2nccc(C(F)(F)F)n2)C1. The summed E-state index contributed by atoms with van der Waals surface area (Å²) in [7, 11) is 0. The van der Waals surface area contributed by atoms with Crippen molar-refractivity contribution < 1.29 is 22.7 Å². The normalized spacial score (nSPS) is 17.7. The number of benzene rings is 1. The van der Waals surface area contributed by atoms with E-state index in [0.717, 1.165) is 23.2 Å². The number of piperidine rings is 1. The highest BCUT2D eigenvalue weighted by Crippen LogP contribution is 2.28. The minimum absolute atomic E-state index is 0.144. The Hall–Kier alpha value is -3.10. The van der Waals surface area contributed by atoms with Gasteiger partial charge < -0.3 is 14.6 Å². The van der Waals surface area contributed by atoms with Gasteiger partial charge in [0.2, 0.25) is 0 Å². The Morgan fingerprint density at radius 3 is 2.93 bits per heavy atom. The van der Waals surface area contributed by atoms with Crippen molar-refractivity contribution in [3.63, 3.8) is 0 Å². The number of H-pyrrole nitrogens is 1. The van der Waals surface area contributed by atoms with Crippen LogP contribution in [0.25, 0.3) is 10.9 Å². The van der Waals surface area contributed by atoms with Crippen LogP contribution in [0.4, 0.5) is 13.2 Å². The van der Waals surface area contributed by atoms with E-state index in [0.29, 0.717) is 24.9 Å². The van der Waals surface area contributed by atoms with Gasteiger partial charge in [-0.3, -0.25) is 4.79 Å². The summed E-state index contributed by atoms with van der Waals surface area (Å²) in [6.45, 7) is 0.826. The van der Waals surface area contributed by atoms with E-state index < -0.39 is 18.0 Å². The fraction of sp³-hybridized carbons (Fsp3) is 0.316. The van der Waals surface area contributed by atoms with Gasteiger partial charge in [0.05, 0.1) is 6.54 Å². The molecule has 1 amide bonds. The van der Waals surface area contributed by atoms with Crippen LogP contribution < -0.4 is 4.74 Å². The van der Waals surface area contributed by atoms with Crippen molar-refractivity contribution in [3.8, 4) is 6.01 Å². The lowest BCUT2D eigenvalue weighted by atomic mass is 10.1. The summed E-state index contributed by atoms with van der Waals surface area (Å²) in [5.74, 6) is -0.144. The molecule has 1 unspecified atom stereocenters. The van der Waals surface area contributed by atoms with Gasteiger partial charge in [0.1, 0.15) is 6.10 Å². The zero-order valence-electron chi connectivity index (χ0n) is 14.7. The first-order valence-corrected chi connectivity index (χ1v) is 8.83. The van der Waals surface area contributed by atoms with Crippen LogP contribution in [0.2, 0.25) is 0 Å². The minimum atomic E-state index is -4.56. The summed E-state index contributed by atoms with van der Waals surface area (Å²) in [4.78, 5) is 24.7. The molecule has 4 rings (SSSR count). The zero-order chi connectivity index (χ0) is 19.7. The van der Waals surface area contributed by atoms with Crippen LogP contribution in [-0.2, 0) is 6.18 Å².